The number of hydrogen-bond donors (Lipinski definition) is 2. The van der Waals surface area contributed by atoms with Gasteiger partial charge in [-0.15, -0.1) is 0 Å². The van der Waals surface area contributed by atoms with Crippen molar-refractivity contribution in [3.05, 3.63) is 0 Å². The predicted octanol–water partition coefficient (Wildman–Crippen LogP) is -0.674. The highest BCUT2D eigenvalue weighted by molar-refractivity contribution is 5.80. The molecular weight excluding hydrogens is 272 g/mol. The summed E-state index contributed by atoms with van der Waals surface area (Å²) >= 11 is 0. The summed E-state index contributed by atoms with van der Waals surface area (Å²) in [5.74, 6) is 5.08. The Morgan fingerprint density at radius 1 is 1.33 bits per heavy atom. The summed E-state index contributed by atoms with van der Waals surface area (Å²) in [5.41, 5.74) is 2.19. The molecule has 2 aliphatic rings. The van der Waals surface area contributed by atoms with Gasteiger partial charge in [0.25, 0.3) is 0 Å². The number of nitrogens with one attached hydrogen (secondary N) is 1. The number of likely N-dealkylation sites (tertiary alicyclic amines) is 1. The molecule has 120 valence electrons. The molecule has 2 aliphatic heterocycles. The van der Waals surface area contributed by atoms with E-state index in [1.165, 1.54) is 0 Å². The highest BCUT2D eigenvalue weighted by Gasteiger charge is 2.27. The zero-order valence-corrected chi connectivity index (χ0v) is 12.7. The van der Waals surface area contributed by atoms with E-state index in [1.54, 1.807) is 0 Å². The smallest absolute Gasteiger partial charge is 0.237 e. The van der Waals surface area contributed by atoms with Crippen LogP contribution < -0.4 is 11.3 Å². The molecule has 7 heteroatoms. The molecule has 2 saturated heterocycles. The topological polar surface area (TPSA) is 87.9 Å². The van der Waals surface area contributed by atoms with Crippen molar-refractivity contribution in [1.82, 2.24) is 15.2 Å². The van der Waals surface area contributed by atoms with Crippen LogP contribution in [-0.2, 0) is 14.3 Å². The van der Waals surface area contributed by atoms with Gasteiger partial charge in [-0.1, -0.05) is 0 Å². The van der Waals surface area contributed by atoms with E-state index >= 15 is 0 Å². The lowest BCUT2D eigenvalue weighted by Crippen LogP contribution is -2.47. The van der Waals surface area contributed by atoms with Crippen molar-refractivity contribution in [1.29, 1.82) is 0 Å². The summed E-state index contributed by atoms with van der Waals surface area (Å²) < 4.78 is 5.58. The minimum absolute atomic E-state index is 0.0660. The van der Waals surface area contributed by atoms with E-state index in [-0.39, 0.29) is 23.8 Å². The van der Waals surface area contributed by atoms with Crippen LogP contribution in [0.1, 0.15) is 25.7 Å². The second kappa shape index (κ2) is 7.72. The van der Waals surface area contributed by atoms with Gasteiger partial charge in [-0.2, -0.15) is 0 Å². The molecule has 2 rings (SSSR count). The first-order valence-corrected chi connectivity index (χ1v) is 7.68. The van der Waals surface area contributed by atoms with Crippen LogP contribution in [0.5, 0.6) is 0 Å². The summed E-state index contributed by atoms with van der Waals surface area (Å²) in [6, 6.07) is 0. The van der Waals surface area contributed by atoms with E-state index in [0.717, 1.165) is 26.0 Å². The Morgan fingerprint density at radius 2 is 2.05 bits per heavy atom. The Hall–Kier alpha value is -1.18. The molecule has 2 amide bonds. The molecule has 0 spiro atoms. The number of carbonyl (C=O) groups excluding carboxylic acids is 2. The molecule has 21 heavy (non-hydrogen) atoms. The van der Waals surface area contributed by atoms with Gasteiger partial charge in [-0.3, -0.25) is 19.9 Å². The van der Waals surface area contributed by atoms with E-state index in [0.29, 0.717) is 32.5 Å². The zero-order chi connectivity index (χ0) is 15.2. The lowest BCUT2D eigenvalue weighted by molar-refractivity contribution is -0.136. The van der Waals surface area contributed by atoms with Crippen LogP contribution in [0.2, 0.25) is 0 Å². The number of amides is 2. The van der Waals surface area contributed by atoms with Gasteiger partial charge in [0.2, 0.25) is 11.8 Å². The van der Waals surface area contributed by atoms with Crippen molar-refractivity contribution in [2.45, 2.75) is 31.8 Å². The van der Waals surface area contributed by atoms with Crippen molar-refractivity contribution < 1.29 is 14.3 Å². The third-order valence-corrected chi connectivity index (χ3v) is 4.31. The van der Waals surface area contributed by atoms with Gasteiger partial charge < -0.3 is 9.64 Å². The largest absolute Gasteiger partial charge is 0.377 e. The van der Waals surface area contributed by atoms with Gasteiger partial charge in [0.1, 0.15) is 0 Å². The van der Waals surface area contributed by atoms with Gasteiger partial charge in [0.15, 0.2) is 0 Å². The number of nitrogens with zero attached hydrogens (tertiary/aromatic N) is 2. The molecule has 0 saturated carbocycles. The first-order chi connectivity index (χ1) is 10.1. The van der Waals surface area contributed by atoms with Gasteiger partial charge in [-0.25, -0.2) is 5.84 Å². The Balaban J connectivity index is 1.70. The molecule has 1 unspecified atom stereocenters. The Kier molecular flexibility index (Phi) is 5.96. The van der Waals surface area contributed by atoms with Crippen LogP contribution in [0.15, 0.2) is 0 Å². The van der Waals surface area contributed by atoms with E-state index in [9.17, 15) is 9.59 Å². The fourth-order valence-corrected chi connectivity index (χ4v) is 3.04. The quantitative estimate of drug-likeness (QED) is 0.399. The number of hydrazine groups is 1. The van der Waals surface area contributed by atoms with Crippen molar-refractivity contribution in [3.63, 3.8) is 0 Å². The summed E-state index contributed by atoms with van der Waals surface area (Å²) in [4.78, 5) is 27.6. The number of piperidine rings is 1. The minimum Gasteiger partial charge on any atom is -0.377 e. The van der Waals surface area contributed by atoms with Gasteiger partial charge in [-0.05, 0) is 32.7 Å². The second-order valence-corrected chi connectivity index (χ2v) is 6.00. The maximum atomic E-state index is 12.2. The summed E-state index contributed by atoms with van der Waals surface area (Å²) in [7, 11) is 1.95. The average Bonchev–Trinajstić information content (AvgIpc) is 2.99. The molecule has 3 N–H and O–H groups in total. The fourth-order valence-electron chi connectivity index (χ4n) is 3.04. The van der Waals surface area contributed by atoms with E-state index in [2.05, 4.69) is 5.43 Å². The summed E-state index contributed by atoms with van der Waals surface area (Å²) in [6.07, 6.45) is 3.83. The van der Waals surface area contributed by atoms with Crippen molar-refractivity contribution in [3.8, 4) is 0 Å². The standard InChI is InChI=1S/C14H26N4O3/c1-17(9-12-3-2-8-21-12)10-13(19)18-6-4-11(5-7-18)14(20)16-15/h11-12H,2-10,15H2,1H3,(H,16,20). The van der Waals surface area contributed by atoms with Crippen molar-refractivity contribution in [2.24, 2.45) is 11.8 Å². The minimum atomic E-state index is -0.127. The number of hydrogen-bond acceptors (Lipinski definition) is 5. The molecule has 7 nitrogen and oxygen atoms in total. The van der Waals surface area contributed by atoms with Crippen LogP contribution in [0.25, 0.3) is 0 Å². The van der Waals surface area contributed by atoms with E-state index < -0.39 is 0 Å². The zero-order valence-electron chi connectivity index (χ0n) is 12.7. The Labute approximate surface area is 125 Å². The van der Waals surface area contributed by atoms with E-state index in [1.807, 2.05) is 16.8 Å². The van der Waals surface area contributed by atoms with Crippen LogP contribution in [0.4, 0.5) is 0 Å². The fraction of sp³-hybridized carbons (Fsp3) is 0.857. The molecular formula is C14H26N4O3. The van der Waals surface area contributed by atoms with Crippen LogP contribution in [0, 0.1) is 5.92 Å². The number of nitrogens with two attached hydrogens (primary N) is 1. The molecule has 1 atom stereocenters. The number of ether oxygens (including phenoxy) is 1. The molecule has 0 aromatic carbocycles. The molecule has 0 radical (unpaired) electrons. The highest BCUT2D eigenvalue weighted by Crippen LogP contribution is 2.17. The van der Waals surface area contributed by atoms with Gasteiger partial charge in [0, 0.05) is 32.2 Å². The number of carbonyl (C=O) groups is 2. The van der Waals surface area contributed by atoms with Gasteiger partial charge in [0.05, 0.1) is 12.6 Å². The molecule has 2 heterocycles. The first-order valence-electron chi connectivity index (χ1n) is 7.68. The second-order valence-electron chi connectivity index (χ2n) is 6.00. The van der Waals surface area contributed by atoms with Crippen molar-refractivity contribution in [2.75, 3.05) is 39.8 Å². The van der Waals surface area contributed by atoms with Crippen LogP contribution in [0.3, 0.4) is 0 Å². The maximum Gasteiger partial charge on any atom is 0.237 e. The monoisotopic (exact) mass is 298 g/mol. The van der Waals surface area contributed by atoms with Crippen LogP contribution in [-0.4, -0.2) is 67.6 Å². The van der Waals surface area contributed by atoms with Crippen molar-refractivity contribution >= 4 is 11.8 Å². The molecule has 0 bridgehead atoms. The summed E-state index contributed by atoms with van der Waals surface area (Å²) in [6.45, 7) is 3.31. The molecule has 0 aromatic rings. The first kappa shape index (κ1) is 16.2. The normalized spacial score (nSPS) is 23.6. The Morgan fingerprint density at radius 3 is 2.62 bits per heavy atom. The number of likely N-dealkylation sites (N-methyl/N-ethyl adjacent to an activating group) is 1. The Bertz CT molecular complexity index is 363. The predicted molar refractivity (Wildman–Crippen MR) is 78.1 cm³/mol. The van der Waals surface area contributed by atoms with Crippen LogP contribution >= 0.6 is 0 Å². The average molecular weight is 298 g/mol. The van der Waals surface area contributed by atoms with Gasteiger partial charge >= 0.3 is 0 Å². The molecule has 2 fully saturated rings. The third kappa shape index (κ3) is 4.66. The summed E-state index contributed by atoms with van der Waals surface area (Å²) in [5, 5.41) is 0. The lowest BCUT2D eigenvalue weighted by atomic mass is 9.96. The maximum absolute atomic E-state index is 12.2. The molecule has 0 aliphatic carbocycles. The number of rotatable bonds is 5. The highest BCUT2D eigenvalue weighted by atomic mass is 16.5. The van der Waals surface area contributed by atoms with E-state index in [4.69, 9.17) is 10.6 Å². The lowest BCUT2D eigenvalue weighted by Gasteiger charge is -2.32. The third-order valence-electron chi connectivity index (χ3n) is 4.31. The molecule has 0 aromatic heterocycles. The SMILES string of the molecule is CN(CC(=O)N1CCC(C(=O)NN)CC1)CC1CCCO1.